The Kier molecular flexibility index (Phi) is 3.39. The van der Waals surface area contributed by atoms with E-state index < -0.39 is 6.17 Å². The van der Waals surface area contributed by atoms with E-state index in [0.717, 1.165) is 0 Å². The van der Waals surface area contributed by atoms with Gasteiger partial charge < -0.3 is 11.5 Å². The van der Waals surface area contributed by atoms with E-state index in [-0.39, 0.29) is 5.78 Å². The summed E-state index contributed by atoms with van der Waals surface area (Å²) in [5.74, 6) is 0.125. The number of hydrogen-bond donors (Lipinski definition) is 2. The second kappa shape index (κ2) is 3.57. The highest BCUT2D eigenvalue weighted by molar-refractivity contribution is 5.78. The highest BCUT2D eigenvalue weighted by atomic mass is 16.1. The fourth-order valence-electron chi connectivity index (χ4n) is 0.407. The van der Waals surface area contributed by atoms with Crippen molar-refractivity contribution < 1.29 is 4.79 Å². The molecule has 3 heteroatoms. The van der Waals surface area contributed by atoms with Gasteiger partial charge in [0.1, 0.15) is 5.78 Å². The zero-order valence-corrected chi connectivity index (χ0v) is 5.05. The Balaban J connectivity index is 3.25. The number of rotatable bonds is 3. The Morgan fingerprint density at radius 1 is 1.62 bits per heavy atom. The molecule has 0 saturated heterocycles. The zero-order valence-electron chi connectivity index (χ0n) is 5.05. The van der Waals surface area contributed by atoms with Crippen LogP contribution in [0.5, 0.6) is 0 Å². The van der Waals surface area contributed by atoms with Gasteiger partial charge in [-0.3, -0.25) is 4.79 Å². The van der Waals surface area contributed by atoms with Crippen molar-refractivity contribution in [1.82, 2.24) is 0 Å². The third kappa shape index (κ3) is 3.77. The van der Waals surface area contributed by atoms with Crippen molar-refractivity contribution in [2.75, 3.05) is 0 Å². The summed E-state index contributed by atoms with van der Waals surface area (Å²) < 4.78 is 0. The number of carbonyl (C=O) groups is 1. The van der Waals surface area contributed by atoms with Gasteiger partial charge in [-0.15, -0.1) is 0 Å². The lowest BCUT2D eigenvalue weighted by Gasteiger charge is -1.99. The standard InChI is InChI=1S/C5H12N2O/c1-2-4(8)3-5(6)7/h5H,2-3,6-7H2,1H3. The van der Waals surface area contributed by atoms with Crippen LogP contribution in [-0.2, 0) is 4.79 Å². The molecular weight excluding hydrogens is 104 g/mol. The van der Waals surface area contributed by atoms with E-state index in [4.69, 9.17) is 11.5 Å². The molecule has 8 heavy (non-hydrogen) atoms. The third-order valence-electron chi connectivity index (χ3n) is 0.858. The van der Waals surface area contributed by atoms with Crippen LogP contribution in [0.4, 0.5) is 0 Å². The van der Waals surface area contributed by atoms with Gasteiger partial charge in [0.05, 0.1) is 6.17 Å². The van der Waals surface area contributed by atoms with Crippen LogP contribution in [0.3, 0.4) is 0 Å². The Labute approximate surface area is 49.0 Å². The molecule has 0 radical (unpaired) electrons. The molecule has 0 aliphatic rings. The largest absolute Gasteiger partial charge is 0.316 e. The van der Waals surface area contributed by atoms with Gasteiger partial charge in [0.2, 0.25) is 0 Å². The maximum Gasteiger partial charge on any atom is 0.135 e. The van der Waals surface area contributed by atoms with Crippen molar-refractivity contribution in [3.8, 4) is 0 Å². The molecule has 0 aliphatic heterocycles. The lowest BCUT2D eigenvalue weighted by molar-refractivity contribution is -0.119. The molecule has 0 heterocycles. The molecule has 0 bridgehead atoms. The number of hydrogen-bond acceptors (Lipinski definition) is 3. The molecular formula is C5H12N2O. The summed E-state index contributed by atoms with van der Waals surface area (Å²) in [6.07, 6.45) is 0.365. The Hall–Kier alpha value is -0.410. The second-order valence-electron chi connectivity index (χ2n) is 1.76. The minimum atomic E-state index is -0.470. The predicted molar refractivity (Wildman–Crippen MR) is 32.1 cm³/mol. The molecule has 0 aromatic heterocycles. The van der Waals surface area contributed by atoms with Crippen LogP contribution in [-0.4, -0.2) is 11.9 Å². The summed E-state index contributed by atoms with van der Waals surface area (Å²) in [4.78, 5) is 10.5. The fourth-order valence-corrected chi connectivity index (χ4v) is 0.407. The van der Waals surface area contributed by atoms with Gasteiger partial charge in [-0.05, 0) is 0 Å². The van der Waals surface area contributed by atoms with Crippen LogP contribution in [0.1, 0.15) is 19.8 Å². The number of Topliss-reactive ketones (excluding diaryl/α,β-unsaturated/α-hetero) is 1. The molecule has 0 amide bonds. The molecule has 0 fully saturated rings. The lowest BCUT2D eigenvalue weighted by atomic mass is 10.2. The number of carbonyl (C=O) groups excluding carboxylic acids is 1. The topological polar surface area (TPSA) is 69.1 Å². The van der Waals surface area contributed by atoms with E-state index in [1.165, 1.54) is 0 Å². The molecule has 0 unspecified atom stereocenters. The molecule has 0 spiro atoms. The Morgan fingerprint density at radius 3 is 2.25 bits per heavy atom. The first-order valence-electron chi connectivity index (χ1n) is 2.69. The lowest BCUT2D eigenvalue weighted by Crippen LogP contribution is -2.32. The summed E-state index contributed by atoms with van der Waals surface area (Å²) >= 11 is 0. The maximum absolute atomic E-state index is 10.5. The minimum Gasteiger partial charge on any atom is -0.316 e. The van der Waals surface area contributed by atoms with Crippen molar-refractivity contribution in [2.24, 2.45) is 11.5 Å². The van der Waals surface area contributed by atoms with Gasteiger partial charge in [0.15, 0.2) is 0 Å². The summed E-state index contributed by atoms with van der Waals surface area (Å²) in [7, 11) is 0. The molecule has 0 atom stereocenters. The number of ketones is 1. The van der Waals surface area contributed by atoms with Gasteiger partial charge in [0.25, 0.3) is 0 Å². The first-order chi connectivity index (χ1) is 3.66. The maximum atomic E-state index is 10.5. The molecule has 0 aliphatic carbocycles. The van der Waals surface area contributed by atoms with Gasteiger partial charge in [-0.2, -0.15) is 0 Å². The summed E-state index contributed by atoms with van der Waals surface area (Å²) in [5, 5.41) is 0. The molecule has 3 nitrogen and oxygen atoms in total. The molecule has 4 N–H and O–H groups in total. The van der Waals surface area contributed by atoms with Crippen molar-refractivity contribution in [1.29, 1.82) is 0 Å². The highest BCUT2D eigenvalue weighted by Crippen LogP contribution is 1.87. The molecule has 48 valence electrons. The van der Waals surface area contributed by atoms with Gasteiger partial charge in [-0.25, -0.2) is 0 Å². The minimum absolute atomic E-state index is 0.125. The van der Waals surface area contributed by atoms with Crippen LogP contribution in [0.15, 0.2) is 0 Å². The van der Waals surface area contributed by atoms with Gasteiger partial charge in [-0.1, -0.05) is 6.92 Å². The SMILES string of the molecule is CCC(=O)CC(N)N. The summed E-state index contributed by atoms with van der Waals surface area (Å²) in [6, 6.07) is 0. The predicted octanol–water partition coefficient (Wildman–Crippen LogP) is -0.401. The molecule has 0 rings (SSSR count). The first kappa shape index (κ1) is 7.59. The average Bonchev–Trinajstić information content (AvgIpc) is 1.65. The number of nitrogens with two attached hydrogens (primary N) is 2. The first-order valence-corrected chi connectivity index (χ1v) is 2.69. The summed E-state index contributed by atoms with van der Waals surface area (Å²) in [6.45, 7) is 1.80. The zero-order chi connectivity index (χ0) is 6.57. The normalized spacial score (nSPS) is 10.0. The van der Waals surface area contributed by atoms with E-state index in [0.29, 0.717) is 12.8 Å². The van der Waals surface area contributed by atoms with Gasteiger partial charge >= 0.3 is 0 Å². The second-order valence-corrected chi connectivity index (χ2v) is 1.76. The van der Waals surface area contributed by atoms with Gasteiger partial charge in [0, 0.05) is 12.8 Å². The van der Waals surface area contributed by atoms with Crippen LogP contribution in [0.25, 0.3) is 0 Å². The van der Waals surface area contributed by atoms with Crippen LogP contribution in [0.2, 0.25) is 0 Å². The van der Waals surface area contributed by atoms with Crippen LogP contribution < -0.4 is 11.5 Å². The fraction of sp³-hybridized carbons (Fsp3) is 0.800. The monoisotopic (exact) mass is 116 g/mol. The smallest absolute Gasteiger partial charge is 0.135 e. The van der Waals surface area contributed by atoms with Crippen LogP contribution >= 0.6 is 0 Å². The highest BCUT2D eigenvalue weighted by Gasteiger charge is 2.00. The van der Waals surface area contributed by atoms with Crippen LogP contribution in [0, 0.1) is 0 Å². The quantitative estimate of drug-likeness (QED) is 0.493. The van der Waals surface area contributed by atoms with E-state index in [9.17, 15) is 4.79 Å². The third-order valence-corrected chi connectivity index (χ3v) is 0.858. The van der Waals surface area contributed by atoms with E-state index in [1.54, 1.807) is 6.92 Å². The van der Waals surface area contributed by atoms with Crippen molar-refractivity contribution >= 4 is 5.78 Å². The van der Waals surface area contributed by atoms with Crippen molar-refractivity contribution in [3.05, 3.63) is 0 Å². The van der Waals surface area contributed by atoms with E-state index in [2.05, 4.69) is 0 Å². The average molecular weight is 116 g/mol. The molecule has 0 aromatic carbocycles. The Morgan fingerprint density at radius 2 is 2.12 bits per heavy atom. The molecule has 0 saturated carbocycles. The Bertz CT molecular complexity index is 80.5. The van der Waals surface area contributed by atoms with E-state index >= 15 is 0 Å². The van der Waals surface area contributed by atoms with Crippen molar-refractivity contribution in [3.63, 3.8) is 0 Å². The van der Waals surface area contributed by atoms with Crippen molar-refractivity contribution in [2.45, 2.75) is 25.9 Å². The molecule has 0 aromatic rings. The summed E-state index contributed by atoms with van der Waals surface area (Å²) in [5.41, 5.74) is 10.3. The van der Waals surface area contributed by atoms with E-state index in [1.807, 2.05) is 0 Å².